The molecule has 78 valence electrons. The van der Waals surface area contributed by atoms with E-state index in [0.717, 1.165) is 5.76 Å². The standard InChI is InChI=1S/C9H9ClN4O/c1-6-13-8(10)4-9(14-6)11-5-7-2-3-12-15-7/h2-4H,5H2,1H3,(H,11,13,14). The SMILES string of the molecule is Cc1nc(Cl)cc(NCc2ccno2)n1. The third-order valence-electron chi connectivity index (χ3n) is 1.74. The van der Waals surface area contributed by atoms with Gasteiger partial charge >= 0.3 is 0 Å². The lowest BCUT2D eigenvalue weighted by atomic mass is 10.4. The third kappa shape index (κ3) is 2.66. The molecule has 0 saturated carbocycles. The first-order valence-corrected chi connectivity index (χ1v) is 4.76. The number of halogens is 1. The van der Waals surface area contributed by atoms with Crippen molar-refractivity contribution in [3.63, 3.8) is 0 Å². The van der Waals surface area contributed by atoms with E-state index in [1.54, 1.807) is 25.3 Å². The Morgan fingerprint density at radius 1 is 1.47 bits per heavy atom. The van der Waals surface area contributed by atoms with Gasteiger partial charge in [0.1, 0.15) is 16.8 Å². The summed E-state index contributed by atoms with van der Waals surface area (Å²) < 4.78 is 4.93. The molecule has 0 aromatic carbocycles. The first-order chi connectivity index (χ1) is 7.24. The molecule has 0 amide bonds. The van der Waals surface area contributed by atoms with Crippen molar-refractivity contribution in [3.8, 4) is 0 Å². The lowest BCUT2D eigenvalue weighted by Gasteiger charge is -2.03. The number of hydrogen-bond acceptors (Lipinski definition) is 5. The summed E-state index contributed by atoms with van der Waals surface area (Å²) in [5.41, 5.74) is 0. The molecule has 2 rings (SSSR count). The highest BCUT2D eigenvalue weighted by atomic mass is 35.5. The van der Waals surface area contributed by atoms with Crippen molar-refractivity contribution in [1.29, 1.82) is 0 Å². The minimum Gasteiger partial charge on any atom is -0.363 e. The number of anilines is 1. The van der Waals surface area contributed by atoms with Gasteiger partial charge in [0.25, 0.3) is 0 Å². The quantitative estimate of drug-likeness (QED) is 0.809. The summed E-state index contributed by atoms with van der Waals surface area (Å²) in [6.07, 6.45) is 1.59. The maximum Gasteiger partial charge on any atom is 0.155 e. The van der Waals surface area contributed by atoms with Gasteiger partial charge in [0.2, 0.25) is 0 Å². The zero-order valence-electron chi connectivity index (χ0n) is 8.07. The maximum atomic E-state index is 5.78. The molecule has 0 fully saturated rings. The van der Waals surface area contributed by atoms with E-state index in [2.05, 4.69) is 20.4 Å². The Bertz CT molecular complexity index is 423. The third-order valence-corrected chi connectivity index (χ3v) is 1.94. The van der Waals surface area contributed by atoms with E-state index in [1.165, 1.54) is 0 Å². The number of nitrogens with zero attached hydrogens (tertiary/aromatic N) is 3. The monoisotopic (exact) mass is 224 g/mol. The first-order valence-electron chi connectivity index (χ1n) is 4.38. The Morgan fingerprint density at radius 3 is 3.00 bits per heavy atom. The predicted molar refractivity (Wildman–Crippen MR) is 55.6 cm³/mol. The molecule has 5 nitrogen and oxygen atoms in total. The van der Waals surface area contributed by atoms with Crippen molar-refractivity contribution in [2.45, 2.75) is 13.5 Å². The predicted octanol–water partition coefficient (Wildman–Crippen LogP) is 2.04. The van der Waals surface area contributed by atoms with Crippen molar-refractivity contribution in [2.75, 3.05) is 5.32 Å². The average molecular weight is 225 g/mol. The van der Waals surface area contributed by atoms with Crippen LogP contribution in [0, 0.1) is 6.92 Å². The summed E-state index contributed by atoms with van der Waals surface area (Å²) in [5.74, 6) is 2.04. The smallest absolute Gasteiger partial charge is 0.155 e. The highest BCUT2D eigenvalue weighted by Crippen LogP contribution is 2.12. The molecule has 2 heterocycles. The van der Waals surface area contributed by atoms with Crippen LogP contribution >= 0.6 is 11.6 Å². The van der Waals surface area contributed by atoms with Crippen LogP contribution in [-0.4, -0.2) is 15.1 Å². The fourth-order valence-electron chi connectivity index (χ4n) is 1.13. The number of aromatic nitrogens is 3. The van der Waals surface area contributed by atoms with Gasteiger partial charge in [0.05, 0.1) is 12.7 Å². The van der Waals surface area contributed by atoms with Crippen molar-refractivity contribution < 1.29 is 4.52 Å². The van der Waals surface area contributed by atoms with E-state index in [-0.39, 0.29) is 0 Å². The number of rotatable bonds is 3. The van der Waals surface area contributed by atoms with Crippen molar-refractivity contribution in [3.05, 3.63) is 35.1 Å². The van der Waals surface area contributed by atoms with E-state index in [1.807, 2.05) is 0 Å². The lowest BCUT2D eigenvalue weighted by Crippen LogP contribution is -2.02. The molecule has 0 radical (unpaired) electrons. The topological polar surface area (TPSA) is 63.8 Å². The van der Waals surface area contributed by atoms with E-state index in [0.29, 0.717) is 23.3 Å². The van der Waals surface area contributed by atoms with Crippen LogP contribution in [0.3, 0.4) is 0 Å². The van der Waals surface area contributed by atoms with Crippen LogP contribution in [0.4, 0.5) is 5.82 Å². The van der Waals surface area contributed by atoms with Gasteiger partial charge in [-0.25, -0.2) is 9.97 Å². The van der Waals surface area contributed by atoms with Crippen molar-refractivity contribution in [2.24, 2.45) is 0 Å². The van der Waals surface area contributed by atoms with Crippen molar-refractivity contribution in [1.82, 2.24) is 15.1 Å². The second kappa shape index (κ2) is 4.27. The molecular weight excluding hydrogens is 216 g/mol. The minimum atomic E-state index is 0.419. The number of aryl methyl sites for hydroxylation is 1. The molecule has 0 atom stereocenters. The highest BCUT2D eigenvalue weighted by Gasteiger charge is 2.01. The average Bonchev–Trinajstić information content (AvgIpc) is 2.65. The second-order valence-electron chi connectivity index (χ2n) is 2.96. The molecular formula is C9H9ClN4O. The Balaban J connectivity index is 2.05. The maximum absolute atomic E-state index is 5.78. The summed E-state index contributed by atoms with van der Waals surface area (Å²) in [4.78, 5) is 8.12. The molecule has 0 saturated heterocycles. The molecule has 0 aliphatic rings. The van der Waals surface area contributed by atoms with Gasteiger partial charge < -0.3 is 9.84 Å². The van der Waals surface area contributed by atoms with Gasteiger partial charge in [-0.3, -0.25) is 0 Å². The molecule has 0 aliphatic carbocycles. The van der Waals surface area contributed by atoms with E-state index >= 15 is 0 Å². The molecule has 0 unspecified atom stereocenters. The molecule has 0 aliphatic heterocycles. The van der Waals surface area contributed by atoms with Gasteiger partial charge in [0, 0.05) is 12.1 Å². The molecule has 0 bridgehead atoms. The molecule has 2 aromatic rings. The summed E-state index contributed by atoms with van der Waals surface area (Å²) in [6, 6.07) is 3.44. The minimum absolute atomic E-state index is 0.419. The largest absolute Gasteiger partial charge is 0.363 e. The molecule has 15 heavy (non-hydrogen) atoms. The Kier molecular flexibility index (Phi) is 2.82. The fraction of sp³-hybridized carbons (Fsp3) is 0.222. The Hall–Kier alpha value is -1.62. The van der Waals surface area contributed by atoms with Crippen LogP contribution < -0.4 is 5.32 Å². The van der Waals surface area contributed by atoms with Crippen LogP contribution in [0.25, 0.3) is 0 Å². The van der Waals surface area contributed by atoms with Crippen molar-refractivity contribution >= 4 is 17.4 Å². The summed E-state index contributed by atoms with van der Waals surface area (Å²) in [6.45, 7) is 2.30. The fourth-order valence-corrected chi connectivity index (χ4v) is 1.36. The number of hydrogen-bond donors (Lipinski definition) is 1. The molecule has 2 aromatic heterocycles. The molecule has 0 spiro atoms. The van der Waals surface area contributed by atoms with Gasteiger partial charge in [-0.1, -0.05) is 16.8 Å². The number of nitrogens with one attached hydrogen (secondary N) is 1. The summed E-state index contributed by atoms with van der Waals surface area (Å²) in [7, 11) is 0. The van der Waals surface area contributed by atoms with Gasteiger partial charge in [-0.15, -0.1) is 0 Å². The van der Waals surface area contributed by atoms with E-state index in [4.69, 9.17) is 16.1 Å². The van der Waals surface area contributed by atoms with Crippen LogP contribution in [0.1, 0.15) is 11.6 Å². The van der Waals surface area contributed by atoms with E-state index in [9.17, 15) is 0 Å². The normalized spacial score (nSPS) is 10.3. The summed E-state index contributed by atoms with van der Waals surface area (Å²) >= 11 is 5.78. The van der Waals surface area contributed by atoms with Crippen LogP contribution in [0.5, 0.6) is 0 Å². The van der Waals surface area contributed by atoms with Gasteiger partial charge in [-0.05, 0) is 6.92 Å². The van der Waals surface area contributed by atoms with Gasteiger partial charge in [-0.2, -0.15) is 0 Å². The first kappa shape index (κ1) is 9.92. The highest BCUT2D eigenvalue weighted by molar-refractivity contribution is 6.29. The van der Waals surface area contributed by atoms with E-state index < -0.39 is 0 Å². The zero-order valence-corrected chi connectivity index (χ0v) is 8.82. The Morgan fingerprint density at radius 2 is 2.33 bits per heavy atom. The van der Waals surface area contributed by atoms with Crippen LogP contribution in [0.15, 0.2) is 22.9 Å². The van der Waals surface area contributed by atoms with Crippen LogP contribution in [-0.2, 0) is 6.54 Å². The second-order valence-corrected chi connectivity index (χ2v) is 3.34. The molecule has 1 N–H and O–H groups in total. The zero-order chi connectivity index (χ0) is 10.7. The lowest BCUT2D eigenvalue weighted by molar-refractivity contribution is 0.388. The Labute approximate surface area is 91.5 Å². The summed E-state index contributed by atoms with van der Waals surface area (Å²) in [5, 5.41) is 7.07. The molecule has 6 heteroatoms. The van der Waals surface area contributed by atoms with Gasteiger partial charge in [0.15, 0.2) is 5.76 Å². The van der Waals surface area contributed by atoms with Crippen LogP contribution in [0.2, 0.25) is 5.15 Å².